The molecule has 0 heterocycles. The fraction of sp³-hybridized carbons (Fsp3) is 0. The van der Waals surface area contributed by atoms with Crippen LogP contribution >= 0.6 is 0 Å². The monoisotopic (exact) mass is 202 g/mol. The van der Waals surface area contributed by atoms with E-state index < -0.39 is 0 Å². The minimum Gasteiger partial charge on any atom is -1.00 e. The number of hydrogen-bond donors (Lipinski definition) is 0. The van der Waals surface area contributed by atoms with Gasteiger partial charge in [-0.1, -0.05) is 0 Å². The zero-order valence-corrected chi connectivity index (χ0v) is 9.99. The normalized spacial score (nSPS) is 0. The van der Waals surface area contributed by atoms with Gasteiger partial charge in [0.05, 0.1) is 0 Å². The molecule has 0 N–H and O–H groups in total. The molecule has 0 nitrogen and oxygen atoms in total. The molecule has 0 aromatic carbocycles. The topological polar surface area (TPSA) is 0 Å². The van der Waals surface area contributed by atoms with Crippen LogP contribution in [0.1, 0.15) is 2.85 Å². The van der Waals surface area contributed by atoms with Crippen LogP contribution in [0.5, 0.6) is 0 Å². The first-order chi connectivity index (χ1) is 0. The van der Waals surface area contributed by atoms with Gasteiger partial charge in [0, 0.05) is 49.8 Å². The summed E-state index contributed by atoms with van der Waals surface area (Å²) in [5.74, 6) is 0. The maximum atomic E-state index is 0. The zero-order chi connectivity index (χ0) is 0. The second-order valence-corrected chi connectivity index (χ2v) is 0. The molecule has 0 atom stereocenters. The molecule has 0 saturated carbocycles. The summed E-state index contributed by atoms with van der Waals surface area (Å²) in [6, 6.07) is 0. The van der Waals surface area contributed by atoms with E-state index in [1.165, 1.54) is 0 Å². The summed E-state index contributed by atoms with van der Waals surface area (Å²) >= 11 is 0. The van der Waals surface area contributed by atoms with Crippen LogP contribution in [0.2, 0.25) is 0 Å². The molecule has 0 unspecified atom stereocenters. The van der Waals surface area contributed by atoms with Crippen molar-refractivity contribution in [3.05, 3.63) is 0 Å². The smallest absolute Gasteiger partial charge is 1.00 e. The van der Waals surface area contributed by atoms with Gasteiger partial charge in [0.1, 0.15) is 0 Å². The van der Waals surface area contributed by atoms with Gasteiger partial charge in [-0.25, -0.2) is 0 Å². The molecule has 0 aliphatic rings. The van der Waals surface area contributed by atoms with Crippen molar-refractivity contribution < 1.29 is 52.6 Å². The molecular formula is H5FeMgSiY. The molecule has 0 amide bonds. The molecule has 0 spiro atoms. The van der Waals surface area contributed by atoms with Crippen LogP contribution in [0.3, 0.4) is 0 Å². The van der Waals surface area contributed by atoms with Gasteiger partial charge in [-0.15, -0.1) is 0 Å². The summed E-state index contributed by atoms with van der Waals surface area (Å²) in [5, 5.41) is 0. The van der Waals surface area contributed by atoms with Gasteiger partial charge in [-0.2, -0.15) is 0 Å². The van der Waals surface area contributed by atoms with Crippen molar-refractivity contribution >= 4 is 34.0 Å². The minimum atomic E-state index is 0. The Morgan fingerprint density at radius 2 is 1.25 bits per heavy atom. The standard InChI is InChI=1S/Fe.Mg.H3Si.Y.2H/h;;1H3;;;/q;+2;;;2*-1. The van der Waals surface area contributed by atoms with E-state index in [-0.39, 0.29) is 86.6 Å². The van der Waals surface area contributed by atoms with E-state index in [9.17, 15) is 0 Å². The Balaban J connectivity index is 0. The minimum absolute atomic E-state index is 0. The second-order valence-electron chi connectivity index (χ2n) is 0. The quantitative estimate of drug-likeness (QED) is 0.426. The molecule has 4 heavy (non-hydrogen) atoms. The molecule has 0 saturated heterocycles. The van der Waals surface area contributed by atoms with Crippen LogP contribution in [-0.4, -0.2) is 34.0 Å². The first-order valence-electron chi connectivity index (χ1n) is 0. The van der Waals surface area contributed by atoms with E-state index in [4.69, 9.17) is 0 Å². The fourth-order valence-corrected chi connectivity index (χ4v) is 0. The summed E-state index contributed by atoms with van der Waals surface area (Å²) in [4.78, 5) is 0. The van der Waals surface area contributed by atoms with Gasteiger partial charge in [-0.05, 0) is 11.0 Å². The predicted octanol–water partition coefficient (Wildman–Crippen LogP) is -1.34. The zero-order valence-electron chi connectivity index (χ0n) is 4.64. The molecule has 0 bridgehead atoms. The van der Waals surface area contributed by atoms with Gasteiger partial charge < -0.3 is 2.85 Å². The maximum Gasteiger partial charge on any atom is 2.00 e. The van der Waals surface area contributed by atoms with Gasteiger partial charge in [0.15, 0.2) is 0 Å². The Labute approximate surface area is 85.4 Å². The van der Waals surface area contributed by atoms with Crippen molar-refractivity contribution in [2.24, 2.45) is 0 Å². The molecule has 0 fully saturated rings. The van der Waals surface area contributed by atoms with Crippen molar-refractivity contribution in [3.8, 4) is 0 Å². The van der Waals surface area contributed by atoms with Crippen LogP contribution in [0, 0.1) is 0 Å². The van der Waals surface area contributed by atoms with E-state index in [0.717, 1.165) is 0 Å². The first-order valence-corrected chi connectivity index (χ1v) is 0. The Hall–Kier alpha value is 2.61. The Kier molecular flexibility index (Phi) is 134. The van der Waals surface area contributed by atoms with Crippen LogP contribution < -0.4 is 0 Å². The van der Waals surface area contributed by atoms with E-state index in [1.54, 1.807) is 0 Å². The van der Waals surface area contributed by atoms with Crippen molar-refractivity contribution in [2.75, 3.05) is 0 Å². The van der Waals surface area contributed by atoms with Crippen LogP contribution in [-0.2, 0) is 49.8 Å². The summed E-state index contributed by atoms with van der Waals surface area (Å²) in [6.45, 7) is 0. The first kappa shape index (κ1) is 30.6. The van der Waals surface area contributed by atoms with Gasteiger partial charge >= 0.3 is 23.1 Å². The molecule has 0 rings (SSSR count). The van der Waals surface area contributed by atoms with Crippen molar-refractivity contribution in [1.82, 2.24) is 0 Å². The third kappa shape index (κ3) is 8.82. The van der Waals surface area contributed by atoms with Crippen molar-refractivity contribution in [3.63, 3.8) is 0 Å². The molecule has 0 aliphatic heterocycles. The maximum absolute atomic E-state index is 0. The number of hydrogen-bond acceptors (Lipinski definition) is 0. The van der Waals surface area contributed by atoms with Gasteiger partial charge in [0.25, 0.3) is 0 Å². The number of rotatable bonds is 0. The molecule has 2 radical (unpaired) electrons. The van der Waals surface area contributed by atoms with Crippen LogP contribution in [0.15, 0.2) is 0 Å². The van der Waals surface area contributed by atoms with Crippen molar-refractivity contribution in [2.45, 2.75) is 0 Å². The fourth-order valence-electron chi connectivity index (χ4n) is 0. The van der Waals surface area contributed by atoms with E-state index in [1.807, 2.05) is 0 Å². The van der Waals surface area contributed by atoms with E-state index in [0.29, 0.717) is 0 Å². The summed E-state index contributed by atoms with van der Waals surface area (Å²) < 4.78 is 0. The SMILES string of the molecule is [Fe].[H-].[H-].[Mg+2].[SiH3].[Y]. The predicted molar refractivity (Wildman–Crippen MR) is 17.9 cm³/mol. The summed E-state index contributed by atoms with van der Waals surface area (Å²) in [7, 11) is 0. The van der Waals surface area contributed by atoms with Crippen LogP contribution in [0.4, 0.5) is 0 Å². The largest absolute Gasteiger partial charge is 2.00 e. The molecule has 0 aromatic heterocycles. The Morgan fingerprint density at radius 3 is 1.25 bits per heavy atom. The molecule has 22 valence electrons. The third-order valence-electron chi connectivity index (χ3n) is 0. The van der Waals surface area contributed by atoms with Crippen LogP contribution in [0.25, 0.3) is 0 Å². The second kappa shape index (κ2) is 17.5. The Morgan fingerprint density at radius 1 is 1.25 bits per heavy atom. The molecule has 0 aromatic rings. The molecule has 0 aliphatic carbocycles. The average molecular weight is 202 g/mol. The van der Waals surface area contributed by atoms with Crippen molar-refractivity contribution in [1.29, 1.82) is 0 Å². The van der Waals surface area contributed by atoms with E-state index >= 15 is 0 Å². The molecular weight excluding hydrogens is 197 g/mol. The molecule has 4 heteroatoms. The summed E-state index contributed by atoms with van der Waals surface area (Å²) in [6.07, 6.45) is 0. The van der Waals surface area contributed by atoms with Gasteiger partial charge in [-0.3, -0.25) is 0 Å². The van der Waals surface area contributed by atoms with E-state index in [2.05, 4.69) is 0 Å². The average Bonchev–Trinajstić information content (AvgIpc) is 0. The Bertz CT molecular complexity index is 13.5. The third-order valence-corrected chi connectivity index (χ3v) is 0. The van der Waals surface area contributed by atoms with Gasteiger partial charge in [0.2, 0.25) is 0 Å². The summed E-state index contributed by atoms with van der Waals surface area (Å²) in [5.41, 5.74) is 0.